The van der Waals surface area contributed by atoms with Crippen LogP contribution in [0.15, 0.2) is 42.6 Å². The summed E-state index contributed by atoms with van der Waals surface area (Å²) in [5, 5.41) is 20.0. The van der Waals surface area contributed by atoms with Crippen LogP contribution in [0, 0.1) is 17.2 Å². The predicted octanol–water partition coefficient (Wildman–Crippen LogP) is 1.54. The lowest BCUT2D eigenvalue weighted by Crippen LogP contribution is -2.48. The molecule has 0 radical (unpaired) electrons. The molecule has 2 aromatic heterocycles. The zero-order valence-electron chi connectivity index (χ0n) is 16.7. The Morgan fingerprint density at radius 3 is 2.90 bits per heavy atom. The molecule has 0 saturated heterocycles. The first-order valence-electron chi connectivity index (χ1n) is 9.99. The van der Waals surface area contributed by atoms with Crippen molar-refractivity contribution in [3.8, 4) is 6.07 Å². The number of likely N-dealkylation sites (N-methyl/N-ethyl adjacent to an activating group) is 1. The predicted molar refractivity (Wildman–Crippen MR) is 110 cm³/mol. The van der Waals surface area contributed by atoms with E-state index in [1.165, 1.54) is 11.1 Å². The van der Waals surface area contributed by atoms with Gasteiger partial charge in [-0.1, -0.05) is 30.3 Å². The van der Waals surface area contributed by atoms with E-state index in [1.807, 2.05) is 30.3 Å². The molecule has 154 valence electrons. The standard InChI is InChI=1S/C22H19N7O2/c1-29-20-16(7-13(10-23)11-24-20)14-9-15(14)18(22(29)31)26-21(30)19-25-17(27-28-19)8-12-5-3-2-4-6-12/h2-7,11,14-15,18H,8-9H2,1H3,(H,26,30)(H,25,27,28)/t14-,15?,18+/m1/s1. The third kappa shape index (κ3) is 3.42. The SMILES string of the molecule is CN1C(=O)[C@@H](NC(=O)c2nnc(Cc3ccccc3)[nH]2)C2C[C@H]2c2cc(C#N)cnc21. The Labute approximate surface area is 178 Å². The maximum atomic E-state index is 13.1. The van der Waals surface area contributed by atoms with Gasteiger partial charge in [0.05, 0.1) is 5.56 Å². The fourth-order valence-corrected chi connectivity index (χ4v) is 4.17. The summed E-state index contributed by atoms with van der Waals surface area (Å²) in [6.45, 7) is 0. The van der Waals surface area contributed by atoms with E-state index in [0.29, 0.717) is 23.6 Å². The number of carbonyl (C=O) groups excluding carboxylic acids is 2. The molecule has 1 saturated carbocycles. The number of rotatable bonds is 4. The minimum Gasteiger partial charge on any atom is -0.337 e. The van der Waals surface area contributed by atoms with Gasteiger partial charge in [0.1, 0.15) is 23.8 Å². The van der Waals surface area contributed by atoms with Gasteiger partial charge in [-0.3, -0.25) is 14.5 Å². The van der Waals surface area contributed by atoms with E-state index in [4.69, 9.17) is 0 Å². The van der Waals surface area contributed by atoms with Gasteiger partial charge in [0.25, 0.3) is 11.8 Å². The molecule has 9 heteroatoms. The topological polar surface area (TPSA) is 128 Å². The minimum atomic E-state index is -0.690. The lowest BCUT2D eigenvalue weighted by Gasteiger charge is -2.22. The molecule has 1 aliphatic heterocycles. The molecule has 3 atom stereocenters. The summed E-state index contributed by atoms with van der Waals surface area (Å²) < 4.78 is 0. The molecule has 3 aromatic rings. The summed E-state index contributed by atoms with van der Waals surface area (Å²) in [6, 6.07) is 12.9. The van der Waals surface area contributed by atoms with Gasteiger partial charge in [-0.05, 0) is 35.4 Å². The highest BCUT2D eigenvalue weighted by atomic mass is 16.2. The number of H-pyrrole nitrogens is 1. The summed E-state index contributed by atoms with van der Waals surface area (Å²) in [6.07, 6.45) is 2.74. The lowest BCUT2D eigenvalue weighted by atomic mass is 10.1. The highest BCUT2D eigenvalue weighted by Crippen LogP contribution is 2.54. The maximum absolute atomic E-state index is 13.1. The fraction of sp³-hybridized carbons (Fsp3) is 0.273. The maximum Gasteiger partial charge on any atom is 0.289 e. The molecule has 0 bridgehead atoms. The Bertz CT molecular complexity index is 1210. The normalized spacial score (nSPS) is 21.5. The number of pyridine rings is 1. The van der Waals surface area contributed by atoms with Crippen molar-refractivity contribution in [1.29, 1.82) is 5.26 Å². The van der Waals surface area contributed by atoms with E-state index < -0.39 is 11.9 Å². The second-order valence-corrected chi connectivity index (χ2v) is 7.89. The van der Waals surface area contributed by atoms with Crippen molar-refractivity contribution in [2.45, 2.75) is 24.8 Å². The summed E-state index contributed by atoms with van der Waals surface area (Å²) in [7, 11) is 1.64. The van der Waals surface area contributed by atoms with Gasteiger partial charge < -0.3 is 10.3 Å². The van der Waals surface area contributed by atoms with Gasteiger partial charge in [0.2, 0.25) is 5.82 Å². The lowest BCUT2D eigenvalue weighted by molar-refractivity contribution is -0.120. The van der Waals surface area contributed by atoms with Crippen LogP contribution in [0.4, 0.5) is 5.82 Å². The van der Waals surface area contributed by atoms with Crippen molar-refractivity contribution in [1.82, 2.24) is 25.5 Å². The highest BCUT2D eigenvalue weighted by Gasteiger charge is 2.52. The first-order chi connectivity index (χ1) is 15.0. The number of hydrogen-bond acceptors (Lipinski definition) is 6. The Kier molecular flexibility index (Phi) is 4.47. The van der Waals surface area contributed by atoms with Crippen molar-refractivity contribution in [2.75, 3.05) is 11.9 Å². The molecule has 31 heavy (non-hydrogen) atoms. The monoisotopic (exact) mass is 413 g/mol. The molecule has 0 spiro atoms. The van der Waals surface area contributed by atoms with Crippen LogP contribution in [0.25, 0.3) is 0 Å². The van der Waals surface area contributed by atoms with E-state index in [9.17, 15) is 14.9 Å². The average molecular weight is 413 g/mol. The molecule has 1 fully saturated rings. The molecule has 3 heterocycles. The number of hydrogen-bond donors (Lipinski definition) is 2. The fourth-order valence-electron chi connectivity index (χ4n) is 4.17. The van der Waals surface area contributed by atoms with E-state index >= 15 is 0 Å². The van der Waals surface area contributed by atoms with Crippen LogP contribution in [-0.4, -0.2) is 45.1 Å². The molecule has 1 unspecified atom stereocenters. The van der Waals surface area contributed by atoms with Crippen LogP contribution in [0.2, 0.25) is 0 Å². The Balaban J connectivity index is 1.33. The van der Waals surface area contributed by atoms with E-state index in [0.717, 1.165) is 17.5 Å². The van der Waals surface area contributed by atoms with Gasteiger partial charge in [-0.2, -0.15) is 5.26 Å². The number of fused-ring (bicyclic) bond motifs is 3. The molecular weight excluding hydrogens is 394 g/mol. The number of amides is 2. The van der Waals surface area contributed by atoms with Crippen molar-refractivity contribution < 1.29 is 9.59 Å². The molecule has 1 aromatic carbocycles. The Morgan fingerprint density at radius 1 is 1.32 bits per heavy atom. The van der Waals surface area contributed by atoms with Crippen molar-refractivity contribution in [2.24, 2.45) is 5.92 Å². The summed E-state index contributed by atoms with van der Waals surface area (Å²) in [5.74, 6) is 0.525. The van der Waals surface area contributed by atoms with Gasteiger partial charge in [-0.15, -0.1) is 10.2 Å². The summed E-state index contributed by atoms with van der Waals surface area (Å²) in [5.41, 5.74) is 2.39. The third-order valence-corrected chi connectivity index (χ3v) is 5.86. The quantitative estimate of drug-likeness (QED) is 0.668. The largest absolute Gasteiger partial charge is 0.337 e. The van der Waals surface area contributed by atoms with Crippen LogP contribution in [0.1, 0.15) is 45.5 Å². The number of nitrogens with zero attached hydrogens (tertiary/aromatic N) is 5. The van der Waals surface area contributed by atoms with Crippen LogP contribution in [-0.2, 0) is 11.2 Å². The van der Waals surface area contributed by atoms with Crippen LogP contribution in [0.5, 0.6) is 0 Å². The molecule has 2 amide bonds. The van der Waals surface area contributed by atoms with Gasteiger partial charge in [0, 0.05) is 19.7 Å². The molecule has 2 N–H and O–H groups in total. The number of aromatic nitrogens is 4. The van der Waals surface area contributed by atoms with Crippen molar-refractivity contribution in [3.63, 3.8) is 0 Å². The third-order valence-electron chi connectivity index (χ3n) is 5.86. The number of benzene rings is 1. The molecule has 5 rings (SSSR count). The smallest absolute Gasteiger partial charge is 0.289 e. The first-order valence-corrected chi connectivity index (χ1v) is 9.99. The molecule has 1 aliphatic carbocycles. The van der Waals surface area contributed by atoms with Gasteiger partial charge >= 0.3 is 0 Å². The highest BCUT2D eigenvalue weighted by molar-refractivity contribution is 6.02. The second kappa shape index (κ2) is 7.32. The summed E-state index contributed by atoms with van der Waals surface area (Å²) >= 11 is 0. The van der Waals surface area contributed by atoms with E-state index in [-0.39, 0.29) is 23.6 Å². The number of nitrogens with one attached hydrogen (secondary N) is 2. The zero-order valence-corrected chi connectivity index (χ0v) is 16.7. The molecular formula is C22H19N7O2. The number of nitriles is 1. The Hall–Kier alpha value is -4.06. The number of anilines is 1. The molecule has 2 aliphatic rings. The number of aromatic amines is 1. The van der Waals surface area contributed by atoms with E-state index in [2.05, 4.69) is 31.6 Å². The van der Waals surface area contributed by atoms with Crippen molar-refractivity contribution >= 4 is 17.6 Å². The van der Waals surface area contributed by atoms with Crippen LogP contribution in [0.3, 0.4) is 0 Å². The zero-order chi connectivity index (χ0) is 21.5. The first kappa shape index (κ1) is 18.9. The molecule has 9 nitrogen and oxygen atoms in total. The van der Waals surface area contributed by atoms with Crippen LogP contribution < -0.4 is 10.2 Å². The van der Waals surface area contributed by atoms with Crippen molar-refractivity contribution in [3.05, 3.63) is 70.9 Å². The van der Waals surface area contributed by atoms with Gasteiger partial charge in [0.15, 0.2) is 0 Å². The second-order valence-electron chi connectivity index (χ2n) is 7.89. The van der Waals surface area contributed by atoms with E-state index in [1.54, 1.807) is 13.1 Å². The Morgan fingerprint density at radius 2 is 2.13 bits per heavy atom. The van der Waals surface area contributed by atoms with Crippen LogP contribution >= 0.6 is 0 Å². The summed E-state index contributed by atoms with van der Waals surface area (Å²) in [4.78, 5) is 34.6. The average Bonchev–Trinajstić information content (AvgIpc) is 3.46. The minimum absolute atomic E-state index is 0.0393. The number of carbonyl (C=O) groups is 2. The van der Waals surface area contributed by atoms with Gasteiger partial charge in [-0.25, -0.2) is 4.98 Å².